The summed E-state index contributed by atoms with van der Waals surface area (Å²) in [5.74, 6) is 1.60. The summed E-state index contributed by atoms with van der Waals surface area (Å²) in [5, 5.41) is 9.43. The standard InChI is InChI=1S/C8H12O3/c1-4-8(9)5-10-7(2,3)11-6-8/h1,9H,5-6H2,2-3H3. The minimum Gasteiger partial charge on any atom is -0.373 e. The molecule has 0 unspecified atom stereocenters. The van der Waals surface area contributed by atoms with Gasteiger partial charge in [0.2, 0.25) is 0 Å². The molecule has 0 spiro atoms. The van der Waals surface area contributed by atoms with Gasteiger partial charge in [-0.3, -0.25) is 0 Å². The van der Waals surface area contributed by atoms with Gasteiger partial charge in [-0.15, -0.1) is 6.42 Å². The van der Waals surface area contributed by atoms with Crippen LogP contribution in [0.3, 0.4) is 0 Å². The Balaban J connectivity index is 2.56. The second kappa shape index (κ2) is 2.49. The van der Waals surface area contributed by atoms with Gasteiger partial charge in [-0.2, -0.15) is 0 Å². The lowest BCUT2D eigenvalue weighted by Gasteiger charge is -2.37. The third kappa shape index (κ3) is 1.93. The molecule has 3 heteroatoms. The molecule has 1 fully saturated rings. The van der Waals surface area contributed by atoms with Crippen LogP contribution in [-0.2, 0) is 9.47 Å². The lowest BCUT2D eigenvalue weighted by atomic mass is 10.1. The average Bonchev–Trinajstić information content (AvgIpc) is 1.97. The lowest BCUT2D eigenvalue weighted by molar-refractivity contribution is -0.288. The van der Waals surface area contributed by atoms with Crippen LogP contribution in [0, 0.1) is 12.3 Å². The Labute approximate surface area is 66.3 Å². The number of aliphatic hydroxyl groups is 1. The maximum absolute atomic E-state index is 9.43. The molecule has 0 saturated carbocycles. The quantitative estimate of drug-likeness (QED) is 0.507. The topological polar surface area (TPSA) is 38.7 Å². The van der Waals surface area contributed by atoms with E-state index in [1.807, 2.05) is 0 Å². The van der Waals surface area contributed by atoms with E-state index in [0.717, 1.165) is 0 Å². The molecule has 0 aromatic carbocycles. The van der Waals surface area contributed by atoms with Crippen molar-refractivity contribution in [2.24, 2.45) is 0 Å². The monoisotopic (exact) mass is 156 g/mol. The zero-order valence-corrected chi connectivity index (χ0v) is 6.76. The van der Waals surface area contributed by atoms with Gasteiger partial charge in [0.05, 0.1) is 13.2 Å². The van der Waals surface area contributed by atoms with Crippen LogP contribution >= 0.6 is 0 Å². The van der Waals surface area contributed by atoms with Crippen molar-refractivity contribution in [3.63, 3.8) is 0 Å². The third-order valence-electron chi connectivity index (χ3n) is 1.59. The van der Waals surface area contributed by atoms with E-state index in [1.165, 1.54) is 0 Å². The van der Waals surface area contributed by atoms with Crippen LogP contribution in [0.4, 0.5) is 0 Å². The summed E-state index contributed by atoms with van der Waals surface area (Å²) >= 11 is 0. The number of hydrogen-bond acceptors (Lipinski definition) is 3. The number of hydrogen-bond donors (Lipinski definition) is 1. The molecule has 62 valence electrons. The normalized spacial score (nSPS) is 27.5. The van der Waals surface area contributed by atoms with E-state index in [0.29, 0.717) is 0 Å². The molecule has 0 atom stereocenters. The van der Waals surface area contributed by atoms with Crippen LogP contribution < -0.4 is 0 Å². The minimum atomic E-state index is -1.24. The van der Waals surface area contributed by atoms with Crippen molar-refractivity contribution >= 4 is 0 Å². The van der Waals surface area contributed by atoms with Gasteiger partial charge in [0.15, 0.2) is 11.4 Å². The molecular weight excluding hydrogens is 144 g/mol. The summed E-state index contributed by atoms with van der Waals surface area (Å²) in [4.78, 5) is 0. The molecule has 1 N–H and O–H groups in total. The first-order valence-electron chi connectivity index (χ1n) is 3.45. The van der Waals surface area contributed by atoms with E-state index in [4.69, 9.17) is 15.9 Å². The van der Waals surface area contributed by atoms with Gasteiger partial charge < -0.3 is 14.6 Å². The van der Waals surface area contributed by atoms with E-state index in [-0.39, 0.29) is 13.2 Å². The Morgan fingerprint density at radius 2 is 1.82 bits per heavy atom. The summed E-state index contributed by atoms with van der Waals surface area (Å²) in [6.45, 7) is 3.83. The van der Waals surface area contributed by atoms with Gasteiger partial charge in [0, 0.05) is 0 Å². The Morgan fingerprint density at radius 1 is 1.36 bits per heavy atom. The van der Waals surface area contributed by atoms with Gasteiger partial charge in [0.1, 0.15) is 0 Å². The van der Waals surface area contributed by atoms with Crippen molar-refractivity contribution in [1.82, 2.24) is 0 Å². The highest BCUT2D eigenvalue weighted by atomic mass is 16.7. The second-order valence-electron chi connectivity index (χ2n) is 3.15. The fourth-order valence-electron chi connectivity index (χ4n) is 0.753. The molecule has 11 heavy (non-hydrogen) atoms. The highest BCUT2D eigenvalue weighted by Gasteiger charge is 2.36. The minimum absolute atomic E-state index is 0.135. The van der Waals surface area contributed by atoms with Gasteiger partial charge in [-0.1, -0.05) is 5.92 Å². The first kappa shape index (κ1) is 8.54. The largest absolute Gasteiger partial charge is 0.373 e. The van der Waals surface area contributed by atoms with Crippen LogP contribution in [-0.4, -0.2) is 29.7 Å². The predicted octanol–water partition coefficient (Wildman–Crippen LogP) is 0.134. The molecule has 0 aromatic rings. The fourth-order valence-corrected chi connectivity index (χ4v) is 0.753. The summed E-state index contributed by atoms with van der Waals surface area (Å²) in [6, 6.07) is 0. The van der Waals surface area contributed by atoms with Gasteiger partial charge in [-0.05, 0) is 13.8 Å². The molecule has 3 nitrogen and oxygen atoms in total. The zero-order valence-electron chi connectivity index (χ0n) is 6.76. The Morgan fingerprint density at radius 3 is 2.18 bits per heavy atom. The first-order chi connectivity index (χ1) is 4.97. The SMILES string of the molecule is C#CC1(O)COC(C)(C)OC1. The molecular formula is C8H12O3. The smallest absolute Gasteiger partial charge is 0.171 e. The first-order valence-corrected chi connectivity index (χ1v) is 3.45. The third-order valence-corrected chi connectivity index (χ3v) is 1.59. The number of terminal acetylenes is 1. The molecule has 1 heterocycles. The maximum atomic E-state index is 9.43. The van der Waals surface area contributed by atoms with Gasteiger partial charge in [-0.25, -0.2) is 0 Å². The molecule has 1 rings (SSSR count). The van der Waals surface area contributed by atoms with E-state index in [9.17, 15) is 5.11 Å². The predicted molar refractivity (Wildman–Crippen MR) is 39.8 cm³/mol. The van der Waals surface area contributed by atoms with Crippen molar-refractivity contribution in [2.45, 2.75) is 25.2 Å². The van der Waals surface area contributed by atoms with Crippen LogP contribution in [0.15, 0.2) is 0 Å². The van der Waals surface area contributed by atoms with Crippen LogP contribution in [0.2, 0.25) is 0 Å². The van der Waals surface area contributed by atoms with Crippen molar-refractivity contribution in [1.29, 1.82) is 0 Å². The Bertz CT molecular complexity index is 180. The molecule has 0 radical (unpaired) electrons. The van der Waals surface area contributed by atoms with Crippen molar-refractivity contribution < 1.29 is 14.6 Å². The molecule has 0 aliphatic carbocycles. The highest BCUT2D eigenvalue weighted by Crippen LogP contribution is 2.22. The Hall–Kier alpha value is -0.560. The second-order valence-corrected chi connectivity index (χ2v) is 3.15. The summed E-state index contributed by atoms with van der Waals surface area (Å²) in [5.41, 5.74) is -1.24. The maximum Gasteiger partial charge on any atom is 0.171 e. The van der Waals surface area contributed by atoms with Gasteiger partial charge in [0.25, 0.3) is 0 Å². The van der Waals surface area contributed by atoms with E-state index >= 15 is 0 Å². The molecule has 1 aliphatic heterocycles. The lowest BCUT2D eigenvalue weighted by Crippen LogP contribution is -2.50. The summed E-state index contributed by atoms with van der Waals surface area (Å²) in [6.07, 6.45) is 5.07. The summed E-state index contributed by atoms with van der Waals surface area (Å²) < 4.78 is 10.3. The molecule has 1 saturated heterocycles. The van der Waals surface area contributed by atoms with Gasteiger partial charge >= 0.3 is 0 Å². The van der Waals surface area contributed by atoms with Crippen molar-refractivity contribution in [3.8, 4) is 12.3 Å². The molecule has 0 aromatic heterocycles. The molecule has 0 bridgehead atoms. The van der Waals surface area contributed by atoms with Crippen molar-refractivity contribution in [3.05, 3.63) is 0 Å². The summed E-state index contributed by atoms with van der Waals surface area (Å²) in [7, 11) is 0. The molecule has 1 aliphatic rings. The van der Waals surface area contributed by atoms with Crippen LogP contribution in [0.25, 0.3) is 0 Å². The Kier molecular flexibility index (Phi) is 1.93. The number of ether oxygens (including phenoxy) is 2. The van der Waals surface area contributed by atoms with Crippen LogP contribution in [0.1, 0.15) is 13.8 Å². The molecule has 0 amide bonds. The highest BCUT2D eigenvalue weighted by molar-refractivity contribution is 5.08. The van der Waals surface area contributed by atoms with E-state index < -0.39 is 11.4 Å². The van der Waals surface area contributed by atoms with E-state index in [2.05, 4.69) is 5.92 Å². The zero-order chi connectivity index (χ0) is 8.54. The van der Waals surface area contributed by atoms with E-state index in [1.54, 1.807) is 13.8 Å². The fraction of sp³-hybridized carbons (Fsp3) is 0.750. The number of rotatable bonds is 0. The average molecular weight is 156 g/mol. The van der Waals surface area contributed by atoms with Crippen molar-refractivity contribution in [2.75, 3.05) is 13.2 Å². The van der Waals surface area contributed by atoms with Crippen LogP contribution in [0.5, 0.6) is 0 Å².